The first kappa shape index (κ1) is 24.7. The lowest BCUT2D eigenvalue weighted by Crippen LogP contribution is -2.24. The lowest BCUT2D eigenvalue weighted by molar-refractivity contribution is 0.0904. The second-order valence-corrected chi connectivity index (χ2v) is 9.29. The Kier molecular flexibility index (Phi) is 8.50. The summed E-state index contributed by atoms with van der Waals surface area (Å²) < 4.78 is 46.0. The number of ether oxygens (including phenoxy) is 1. The van der Waals surface area contributed by atoms with Crippen LogP contribution >= 0.6 is 11.8 Å². The van der Waals surface area contributed by atoms with Crippen LogP contribution in [0.1, 0.15) is 12.5 Å². The number of rotatable bonds is 5. The molecule has 0 amide bonds. The molecular weight excluding hydrogens is 435 g/mol. The van der Waals surface area contributed by atoms with Crippen LogP contribution < -0.4 is 0 Å². The summed E-state index contributed by atoms with van der Waals surface area (Å²) in [5.41, 5.74) is 1.62. The summed E-state index contributed by atoms with van der Waals surface area (Å²) in [5.74, 6) is -0.234. The van der Waals surface area contributed by atoms with Gasteiger partial charge in [-0.1, -0.05) is 17.7 Å². The van der Waals surface area contributed by atoms with Gasteiger partial charge in [-0.2, -0.15) is 12.8 Å². The van der Waals surface area contributed by atoms with Gasteiger partial charge in [0.25, 0.3) is 10.0 Å². The number of sulfonamides is 1. The molecule has 8 heteroatoms. The third kappa shape index (κ3) is 6.99. The Morgan fingerprint density at radius 2 is 1.71 bits per heavy atom. The van der Waals surface area contributed by atoms with E-state index >= 15 is 0 Å². The highest BCUT2D eigenvalue weighted by molar-refractivity contribution is 7.98. The second kappa shape index (κ2) is 10.7. The van der Waals surface area contributed by atoms with E-state index in [-0.39, 0.29) is 10.7 Å². The molecule has 0 heterocycles. The molecule has 1 aliphatic carbocycles. The number of allylic oxidation sites excluding steroid dienone is 2. The Labute approximate surface area is 187 Å². The summed E-state index contributed by atoms with van der Waals surface area (Å²) in [6, 6.07) is 11.1. The van der Waals surface area contributed by atoms with Crippen molar-refractivity contribution in [1.82, 2.24) is 0 Å². The van der Waals surface area contributed by atoms with Gasteiger partial charge < -0.3 is 4.74 Å². The van der Waals surface area contributed by atoms with Crippen molar-refractivity contribution in [2.24, 2.45) is 9.39 Å². The first-order chi connectivity index (χ1) is 14.6. The van der Waals surface area contributed by atoms with Crippen molar-refractivity contribution >= 4 is 39.9 Å². The molecule has 0 atom stereocenters. The topological polar surface area (TPSA) is 68.1 Å². The molecule has 0 radical (unpaired) electrons. The normalized spacial score (nSPS) is 17.6. The minimum atomic E-state index is -3.68. The number of thioether (sulfide) groups is 1. The summed E-state index contributed by atoms with van der Waals surface area (Å²) in [4.78, 5) is 4.76. The highest BCUT2D eigenvalue weighted by Crippen LogP contribution is 2.27. The number of halogens is 1. The summed E-state index contributed by atoms with van der Waals surface area (Å²) in [6.07, 6.45) is 8.72. The first-order valence-electron chi connectivity index (χ1n) is 9.28. The van der Waals surface area contributed by atoms with Gasteiger partial charge >= 0.3 is 0 Å². The lowest BCUT2D eigenvalue weighted by Gasteiger charge is -2.22. The Balaban J connectivity index is 0.000000262. The van der Waals surface area contributed by atoms with Crippen LogP contribution in [0.25, 0.3) is 0 Å². The average Bonchev–Trinajstić information content (AvgIpc) is 2.76. The maximum absolute atomic E-state index is 12.6. The monoisotopic (exact) mass is 460 g/mol. The zero-order valence-electron chi connectivity index (χ0n) is 17.9. The predicted octanol–water partition coefficient (Wildman–Crippen LogP) is 5.54. The van der Waals surface area contributed by atoms with Crippen molar-refractivity contribution in [3.63, 3.8) is 0 Å². The maximum atomic E-state index is 12.6. The standard InChI is InChI=1S/C15H17NO3S.C8H8FNS/c1-12-4-6-14(7-5-12)20(17,18)16-13-8-10-15(2,19-3)11-9-13;1-10-7-4-3-6(9)5-8(7)11-2/h4-11H,1-3H3;3-5H,1H2,2H3. The minimum absolute atomic E-state index is 0.192. The Hall–Kier alpha value is -2.55. The molecule has 0 spiro atoms. The number of methoxy groups -OCH3 is 1. The van der Waals surface area contributed by atoms with E-state index in [0.717, 1.165) is 16.1 Å². The molecule has 0 unspecified atom stereocenters. The summed E-state index contributed by atoms with van der Waals surface area (Å²) in [6.45, 7) is 7.17. The quantitative estimate of drug-likeness (QED) is 0.434. The highest BCUT2D eigenvalue weighted by atomic mass is 32.2. The SMILES string of the molecule is C=Nc1ccc(F)cc1SC.COC1(C)C=CC(=NS(=O)(=O)c2ccc(C)cc2)C=C1. The van der Waals surface area contributed by atoms with E-state index in [1.165, 1.54) is 23.9 Å². The fraction of sp³-hybridized carbons (Fsp3) is 0.217. The van der Waals surface area contributed by atoms with Gasteiger partial charge in [0, 0.05) is 12.0 Å². The fourth-order valence-corrected chi connectivity index (χ4v) is 4.05. The largest absolute Gasteiger partial charge is 0.370 e. The molecule has 2 aromatic rings. The number of hydrogen-bond acceptors (Lipinski definition) is 5. The molecule has 0 aliphatic heterocycles. The van der Waals surface area contributed by atoms with E-state index in [0.29, 0.717) is 5.71 Å². The smallest absolute Gasteiger partial charge is 0.282 e. The summed E-state index contributed by atoms with van der Waals surface area (Å²) in [5, 5.41) is 0. The highest BCUT2D eigenvalue weighted by Gasteiger charge is 2.20. The van der Waals surface area contributed by atoms with Crippen molar-refractivity contribution in [3.05, 3.63) is 78.1 Å². The average molecular weight is 461 g/mol. The van der Waals surface area contributed by atoms with Crippen molar-refractivity contribution in [2.45, 2.75) is 29.2 Å². The van der Waals surface area contributed by atoms with E-state index in [1.807, 2.05) is 20.1 Å². The number of hydrogen-bond donors (Lipinski definition) is 0. The van der Waals surface area contributed by atoms with Crippen LogP contribution in [0.15, 0.2) is 85.9 Å². The van der Waals surface area contributed by atoms with E-state index < -0.39 is 15.6 Å². The predicted molar refractivity (Wildman–Crippen MR) is 127 cm³/mol. The van der Waals surface area contributed by atoms with Crippen molar-refractivity contribution < 1.29 is 17.5 Å². The molecule has 0 N–H and O–H groups in total. The number of aryl methyl sites for hydroxylation is 1. The number of benzene rings is 2. The van der Waals surface area contributed by atoms with Crippen LogP contribution in [-0.2, 0) is 14.8 Å². The molecule has 31 heavy (non-hydrogen) atoms. The van der Waals surface area contributed by atoms with Crippen LogP contribution in [-0.4, -0.2) is 39.8 Å². The second-order valence-electron chi connectivity index (χ2n) is 6.83. The number of aliphatic imine (C=N–C) groups is 1. The third-order valence-electron chi connectivity index (χ3n) is 4.47. The van der Waals surface area contributed by atoms with E-state index in [9.17, 15) is 12.8 Å². The molecular formula is C23H25FN2O3S2. The zero-order valence-corrected chi connectivity index (χ0v) is 19.5. The van der Waals surface area contributed by atoms with Gasteiger partial charge in [0.2, 0.25) is 0 Å². The van der Waals surface area contributed by atoms with Gasteiger partial charge in [-0.05, 0) is 81.5 Å². The van der Waals surface area contributed by atoms with Crippen LogP contribution in [0, 0.1) is 12.7 Å². The Morgan fingerprint density at radius 1 is 1.10 bits per heavy atom. The van der Waals surface area contributed by atoms with Crippen LogP contribution in [0.4, 0.5) is 10.1 Å². The fourth-order valence-electron chi connectivity index (χ4n) is 2.49. The third-order valence-corrected chi connectivity index (χ3v) is 6.55. The van der Waals surface area contributed by atoms with Crippen molar-refractivity contribution in [1.29, 1.82) is 0 Å². The van der Waals surface area contributed by atoms with Gasteiger partial charge in [-0.25, -0.2) is 4.39 Å². The van der Waals surface area contributed by atoms with Crippen LogP contribution in [0.5, 0.6) is 0 Å². The maximum Gasteiger partial charge on any atom is 0.282 e. The molecule has 3 rings (SSSR count). The van der Waals surface area contributed by atoms with E-state index in [2.05, 4.69) is 16.1 Å². The molecule has 0 saturated carbocycles. The molecule has 0 bridgehead atoms. The molecule has 1 aliphatic rings. The number of nitrogens with zero attached hydrogens (tertiary/aromatic N) is 2. The minimum Gasteiger partial charge on any atom is -0.370 e. The van der Waals surface area contributed by atoms with Gasteiger partial charge in [0.1, 0.15) is 11.4 Å². The molecule has 0 fully saturated rings. The molecule has 164 valence electrons. The summed E-state index contributed by atoms with van der Waals surface area (Å²) >= 11 is 1.46. The Morgan fingerprint density at radius 3 is 2.23 bits per heavy atom. The molecule has 0 saturated heterocycles. The Bertz CT molecular complexity index is 1110. The van der Waals surface area contributed by atoms with Gasteiger partial charge in [-0.3, -0.25) is 4.99 Å². The van der Waals surface area contributed by atoms with Gasteiger partial charge in [0.05, 0.1) is 16.3 Å². The zero-order chi connectivity index (χ0) is 23.1. The van der Waals surface area contributed by atoms with E-state index in [4.69, 9.17) is 4.74 Å². The van der Waals surface area contributed by atoms with Gasteiger partial charge in [0.15, 0.2) is 0 Å². The lowest BCUT2D eigenvalue weighted by atomic mass is 10.00. The first-order valence-corrected chi connectivity index (χ1v) is 11.9. The van der Waals surface area contributed by atoms with Crippen LogP contribution in [0.3, 0.4) is 0 Å². The molecule has 2 aromatic carbocycles. The van der Waals surface area contributed by atoms with Crippen molar-refractivity contribution in [3.8, 4) is 0 Å². The van der Waals surface area contributed by atoms with E-state index in [1.54, 1.807) is 61.7 Å². The molecule has 5 nitrogen and oxygen atoms in total. The van der Waals surface area contributed by atoms with Gasteiger partial charge in [-0.15, -0.1) is 11.8 Å². The van der Waals surface area contributed by atoms with Crippen LogP contribution in [0.2, 0.25) is 0 Å². The molecule has 0 aromatic heterocycles. The summed E-state index contributed by atoms with van der Waals surface area (Å²) in [7, 11) is -2.08. The van der Waals surface area contributed by atoms with Crippen molar-refractivity contribution in [2.75, 3.05) is 13.4 Å².